The SMILES string of the molecule is C=Cc1c(C=O)c2cc3nc(c4c5[n-]c(cc6nc(cc1[n-]2)C(C)=C6CC)c(C)c5C([O-])=C4C(=O)OC)[C@@H](CCC(=O)OC/C=C(\C)CCC[C@H](C)CCC[C@H](C)CCCC(C)C)[C@@H]3C.[Mg+2]. The summed E-state index contributed by atoms with van der Waals surface area (Å²) in [4.78, 5) is 59.8. The summed E-state index contributed by atoms with van der Waals surface area (Å²) in [6.07, 6.45) is 16.6. The molecule has 10 nitrogen and oxygen atoms in total. The Hall–Kier alpha value is -4.74. The molecule has 3 aromatic heterocycles. The first-order valence-electron chi connectivity index (χ1n) is 23.9. The average Bonchev–Trinajstić information content (AvgIpc) is 4.02. The molecule has 66 heavy (non-hydrogen) atoms. The number of carbonyl (C=O) groups is 3. The van der Waals surface area contributed by atoms with Gasteiger partial charge in [-0.05, 0) is 98.1 Å². The first-order valence-corrected chi connectivity index (χ1v) is 23.9. The number of aldehydes is 1. The van der Waals surface area contributed by atoms with Crippen molar-refractivity contribution in [3.63, 3.8) is 0 Å². The summed E-state index contributed by atoms with van der Waals surface area (Å²) in [5.74, 6) is -0.0725. The van der Waals surface area contributed by atoms with Crippen LogP contribution in [0.25, 0.3) is 50.6 Å². The Morgan fingerprint density at radius 1 is 0.879 bits per heavy atom. The number of aryl methyl sites for hydroxylation is 1. The van der Waals surface area contributed by atoms with Crippen LogP contribution in [0.4, 0.5) is 0 Å². The molecule has 3 aliphatic rings. The third-order valence-corrected chi connectivity index (χ3v) is 13.9. The number of allylic oxidation sites excluding steroid dienone is 3. The Morgan fingerprint density at radius 3 is 2.17 bits per heavy atom. The molecule has 348 valence electrons. The Kier molecular flexibility index (Phi) is 18.5. The van der Waals surface area contributed by atoms with Crippen LogP contribution in [0.3, 0.4) is 0 Å². The van der Waals surface area contributed by atoms with E-state index in [2.05, 4.69) is 48.1 Å². The zero-order chi connectivity index (χ0) is 47.1. The van der Waals surface area contributed by atoms with Gasteiger partial charge in [0.25, 0.3) is 0 Å². The molecule has 0 saturated heterocycles. The van der Waals surface area contributed by atoms with Crippen molar-refractivity contribution >= 4 is 91.9 Å². The maximum Gasteiger partial charge on any atom is 2.00 e. The van der Waals surface area contributed by atoms with Crippen LogP contribution in [0.1, 0.15) is 200 Å². The van der Waals surface area contributed by atoms with Crippen LogP contribution in [0.15, 0.2) is 36.4 Å². The minimum atomic E-state index is -0.787. The molecule has 8 bridgehead atoms. The first-order chi connectivity index (χ1) is 31.1. The van der Waals surface area contributed by atoms with Crippen LogP contribution in [0.5, 0.6) is 0 Å². The standard InChI is InChI=1S/C55H72N4O6.Mg/c1-12-38-35(8)42-27-46-39(13-2)41(30-60)47(57-46)28-43-36(9)40(52(58-43)50-51(55(63)64-11)54(62)49-37(10)44(59-53(49)50)29-45(38)56-42)23-24-48(61)65-26-25-34(7)22-16-21-33(6)20-15-19-32(5)18-14-17-31(3)4;/h13,25,27-33,36,40H,2,12,14-24,26H2,1,3-11H3,(H3,56,57,58,59,60,62,63);/q;+2/p-3/b34-25+;/t32-,33-,36+,40+;/m1./s1. The minimum Gasteiger partial charge on any atom is -0.871 e. The zero-order valence-corrected chi connectivity index (χ0v) is 42.6. The van der Waals surface area contributed by atoms with E-state index in [-0.39, 0.29) is 53.5 Å². The third kappa shape index (κ3) is 11.5. The van der Waals surface area contributed by atoms with Gasteiger partial charge in [0.2, 0.25) is 0 Å². The normalized spacial score (nSPS) is 16.7. The van der Waals surface area contributed by atoms with Crippen molar-refractivity contribution in [3.05, 3.63) is 87.0 Å². The van der Waals surface area contributed by atoms with Crippen molar-refractivity contribution in [3.8, 4) is 0 Å². The predicted molar refractivity (Wildman–Crippen MR) is 266 cm³/mol. The number of esters is 2. The maximum absolute atomic E-state index is 14.3. The van der Waals surface area contributed by atoms with Crippen molar-refractivity contribution < 1.29 is 29.0 Å². The van der Waals surface area contributed by atoms with Gasteiger partial charge in [-0.15, -0.1) is 22.1 Å². The molecule has 0 unspecified atom stereocenters. The van der Waals surface area contributed by atoms with Gasteiger partial charge in [-0.3, -0.25) is 14.6 Å². The summed E-state index contributed by atoms with van der Waals surface area (Å²) in [6, 6.07) is 5.54. The maximum atomic E-state index is 14.3. The molecule has 0 aromatic carbocycles. The number of methoxy groups -OCH3 is 1. The van der Waals surface area contributed by atoms with Crippen molar-refractivity contribution in [2.24, 2.45) is 17.8 Å². The van der Waals surface area contributed by atoms with E-state index >= 15 is 0 Å². The molecule has 0 fully saturated rings. The Bertz CT molecular complexity index is 2570. The molecule has 6 rings (SSSR count). The van der Waals surface area contributed by atoms with Crippen molar-refractivity contribution in [2.45, 2.75) is 151 Å². The Balaban J connectivity index is 0.00000817. The fraction of sp³-hybridized carbons (Fsp3) is 0.509. The van der Waals surface area contributed by atoms with Crippen molar-refractivity contribution in [2.75, 3.05) is 13.7 Å². The van der Waals surface area contributed by atoms with E-state index < -0.39 is 17.6 Å². The van der Waals surface area contributed by atoms with Crippen molar-refractivity contribution in [1.82, 2.24) is 19.9 Å². The van der Waals surface area contributed by atoms with Crippen LogP contribution >= 0.6 is 0 Å². The summed E-state index contributed by atoms with van der Waals surface area (Å²) >= 11 is 0. The van der Waals surface area contributed by atoms with Crippen LogP contribution in [-0.4, -0.2) is 65.0 Å². The fourth-order valence-corrected chi connectivity index (χ4v) is 9.88. The minimum absolute atomic E-state index is 0. The van der Waals surface area contributed by atoms with Gasteiger partial charge in [0.05, 0.1) is 29.8 Å². The van der Waals surface area contributed by atoms with Crippen LogP contribution < -0.4 is 15.1 Å². The van der Waals surface area contributed by atoms with Gasteiger partial charge >= 0.3 is 35.0 Å². The first kappa shape index (κ1) is 52.2. The molecule has 0 spiro atoms. The number of hydrogen-bond acceptors (Lipinski definition) is 8. The van der Waals surface area contributed by atoms with Crippen LogP contribution in [0, 0.1) is 24.7 Å². The fourth-order valence-electron chi connectivity index (χ4n) is 9.88. The number of aromatic nitrogens is 4. The van der Waals surface area contributed by atoms with E-state index in [0.29, 0.717) is 91.4 Å². The molecule has 0 saturated carbocycles. The average molecular weight is 906 g/mol. The van der Waals surface area contributed by atoms with E-state index in [4.69, 9.17) is 29.4 Å². The van der Waals surface area contributed by atoms with Gasteiger partial charge in [-0.2, -0.15) is 0 Å². The van der Waals surface area contributed by atoms with E-state index in [9.17, 15) is 19.5 Å². The van der Waals surface area contributed by atoms with Gasteiger partial charge in [0.1, 0.15) is 12.9 Å². The number of rotatable bonds is 21. The number of carbonyl (C=O) groups excluding carboxylic acids is 3. The largest absolute Gasteiger partial charge is 2.00 e. The summed E-state index contributed by atoms with van der Waals surface area (Å²) < 4.78 is 11.0. The van der Waals surface area contributed by atoms with Crippen LogP contribution in [0.2, 0.25) is 0 Å². The monoisotopic (exact) mass is 906 g/mol. The van der Waals surface area contributed by atoms with E-state index in [0.717, 1.165) is 42.1 Å². The number of nitrogens with zero attached hydrogens (tertiary/aromatic N) is 4. The summed E-state index contributed by atoms with van der Waals surface area (Å²) in [6.45, 7) is 23.5. The van der Waals surface area contributed by atoms with Gasteiger partial charge in [0.15, 0.2) is 0 Å². The van der Waals surface area contributed by atoms with Gasteiger partial charge in [-0.1, -0.05) is 134 Å². The molecule has 0 amide bonds. The topological polar surface area (TPSA) is 147 Å². The number of hydrogen-bond donors (Lipinski definition) is 0. The zero-order valence-electron chi connectivity index (χ0n) is 41.2. The smallest absolute Gasteiger partial charge is 0.871 e. The molecule has 2 aliphatic heterocycles. The summed E-state index contributed by atoms with van der Waals surface area (Å²) in [7, 11) is 1.25. The number of fused-ring (bicyclic) bond motifs is 8. The molecule has 3 aromatic rings. The van der Waals surface area contributed by atoms with E-state index in [1.807, 2.05) is 39.0 Å². The third-order valence-electron chi connectivity index (χ3n) is 13.9. The Labute approximate surface area is 408 Å². The summed E-state index contributed by atoms with van der Waals surface area (Å²) in [5, 5.41) is 14.3. The quantitative estimate of drug-likeness (QED) is 0.0438. The molecular formula is C55H69MgN4O6-. The van der Waals surface area contributed by atoms with Crippen LogP contribution in [-0.2, 0) is 19.1 Å². The predicted octanol–water partition coefficient (Wildman–Crippen LogP) is 11.6. The molecular weight excluding hydrogens is 837 g/mol. The molecule has 0 radical (unpaired) electrons. The molecule has 1 aliphatic carbocycles. The van der Waals surface area contributed by atoms with Gasteiger partial charge in [0, 0.05) is 29.5 Å². The molecule has 0 N–H and O–H groups in total. The Morgan fingerprint density at radius 2 is 1.53 bits per heavy atom. The van der Waals surface area contributed by atoms with E-state index in [1.165, 1.54) is 57.6 Å². The second-order valence-corrected chi connectivity index (χ2v) is 19.2. The second kappa shape index (κ2) is 23.3. The van der Waals surface area contributed by atoms with Crippen molar-refractivity contribution in [1.29, 1.82) is 0 Å². The molecule has 5 heterocycles. The van der Waals surface area contributed by atoms with Gasteiger partial charge < -0.3 is 24.5 Å². The second-order valence-electron chi connectivity index (χ2n) is 19.2. The molecule has 11 heteroatoms. The molecule has 4 atom stereocenters. The van der Waals surface area contributed by atoms with Gasteiger partial charge in [-0.25, -0.2) is 9.78 Å². The number of ether oxygens (including phenoxy) is 2. The van der Waals surface area contributed by atoms with E-state index in [1.54, 1.807) is 12.1 Å². The summed E-state index contributed by atoms with van der Waals surface area (Å²) in [5.41, 5.74) is 9.58.